The van der Waals surface area contributed by atoms with E-state index in [0.29, 0.717) is 12.5 Å². The smallest absolute Gasteiger partial charge is 0.0629 e. The minimum absolute atomic E-state index is 0.216. The molecule has 0 spiro atoms. The zero-order valence-electron chi connectivity index (χ0n) is 15.5. The van der Waals surface area contributed by atoms with Crippen LogP contribution in [0.4, 0.5) is 0 Å². The molecule has 2 aromatic rings. The van der Waals surface area contributed by atoms with Gasteiger partial charge >= 0.3 is 0 Å². The molecule has 1 aliphatic carbocycles. The van der Waals surface area contributed by atoms with Crippen LogP contribution in [0.25, 0.3) is 17.7 Å². The molecule has 0 fully saturated rings. The van der Waals surface area contributed by atoms with Crippen molar-refractivity contribution in [1.29, 1.82) is 0 Å². The van der Waals surface area contributed by atoms with E-state index >= 15 is 0 Å². The molecule has 1 nitrogen and oxygen atoms in total. The van der Waals surface area contributed by atoms with Gasteiger partial charge in [-0.1, -0.05) is 66.7 Å². The Labute approximate surface area is 131 Å². The fraction of sp³-hybridized carbons (Fsp3) is 0.200. The zero-order valence-corrected chi connectivity index (χ0v) is 12.5. The minimum Gasteiger partial charge on any atom is -0.309 e. The van der Waals surface area contributed by atoms with Crippen LogP contribution in [-0.4, -0.2) is 25.5 Å². The van der Waals surface area contributed by atoms with E-state index in [-0.39, 0.29) is 12.1 Å². The third kappa shape index (κ3) is 2.98. The van der Waals surface area contributed by atoms with Crippen molar-refractivity contribution in [3.8, 4) is 0 Å². The maximum absolute atomic E-state index is 8.66. The first kappa shape index (κ1) is 10.6. The van der Waals surface area contributed by atoms with Gasteiger partial charge in [0.15, 0.2) is 0 Å². The molecule has 0 amide bonds. The second-order valence-electron chi connectivity index (χ2n) is 5.45. The quantitative estimate of drug-likeness (QED) is 0.796. The van der Waals surface area contributed by atoms with Gasteiger partial charge in [0, 0.05) is 6.54 Å². The number of nitrogens with zero attached hydrogens (tertiary/aromatic N) is 1. The molecule has 0 N–H and O–H groups in total. The fourth-order valence-electron chi connectivity index (χ4n) is 2.49. The molecular weight excluding hydrogens is 254 g/mol. The topological polar surface area (TPSA) is 3.24 Å². The summed E-state index contributed by atoms with van der Waals surface area (Å²) < 4.78 is 25.5. The van der Waals surface area contributed by atoms with Crippen molar-refractivity contribution in [3.05, 3.63) is 76.8 Å². The van der Waals surface area contributed by atoms with Crippen molar-refractivity contribution in [2.45, 2.75) is 6.42 Å². The van der Waals surface area contributed by atoms with Crippen LogP contribution in [0.15, 0.2) is 54.6 Å². The van der Waals surface area contributed by atoms with Gasteiger partial charge in [0.25, 0.3) is 0 Å². The van der Waals surface area contributed by atoms with Gasteiger partial charge in [-0.2, -0.15) is 0 Å². The normalized spacial score (nSPS) is 15.8. The molecule has 0 aromatic heterocycles. The van der Waals surface area contributed by atoms with Gasteiger partial charge in [-0.3, -0.25) is 0 Å². The largest absolute Gasteiger partial charge is 0.309 e. The Morgan fingerprint density at radius 2 is 1.48 bits per heavy atom. The molecule has 0 atom stereocenters. The van der Waals surface area contributed by atoms with Gasteiger partial charge in [-0.25, -0.2) is 0 Å². The van der Waals surface area contributed by atoms with Crippen molar-refractivity contribution in [2.24, 2.45) is 0 Å². The van der Waals surface area contributed by atoms with Crippen LogP contribution in [0.1, 0.15) is 32.8 Å². The molecule has 1 aliphatic rings. The summed E-state index contributed by atoms with van der Waals surface area (Å²) in [6.45, 7) is 0.793. The second-order valence-corrected chi connectivity index (χ2v) is 5.45. The van der Waals surface area contributed by atoms with Crippen LogP contribution in [0.3, 0.4) is 0 Å². The summed E-state index contributed by atoms with van der Waals surface area (Å²) in [4.78, 5) is 2.06. The Hall–Kier alpha value is -2.12. The number of rotatable bonds is 3. The van der Waals surface area contributed by atoms with E-state index in [4.69, 9.17) is 4.11 Å². The first-order valence-electron chi connectivity index (χ1n) is 8.72. The Bertz CT molecular complexity index is 777. The van der Waals surface area contributed by atoms with Gasteiger partial charge in [0.1, 0.15) is 0 Å². The molecule has 1 heteroatoms. The molecule has 21 heavy (non-hydrogen) atoms. The zero-order chi connectivity index (χ0) is 17.3. The van der Waals surface area contributed by atoms with Crippen molar-refractivity contribution < 1.29 is 4.11 Å². The van der Waals surface area contributed by atoms with Gasteiger partial charge in [0.05, 0.1) is 4.11 Å². The molecule has 0 bridgehead atoms. The monoisotopic (exact) mass is 278 g/mol. The van der Waals surface area contributed by atoms with E-state index in [9.17, 15) is 0 Å². The summed E-state index contributed by atoms with van der Waals surface area (Å²) in [5, 5.41) is 0. The molecular formula is C20H21N. The Morgan fingerprint density at radius 3 is 2.00 bits per heavy atom. The lowest BCUT2D eigenvalue weighted by atomic mass is 9.93. The lowest BCUT2D eigenvalue weighted by Gasteiger charge is -2.13. The van der Waals surface area contributed by atoms with Gasteiger partial charge in [0.2, 0.25) is 0 Å². The van der Waals surface area contributed by atoms with Gasteiger partial charge in [-0.15, -0.1) is 0 Å². The average molecular weight is 278 g/mol. The van der Waals surface area contributed by atoms with E-state index in [0.717, 1.165) is 34.4 Å². The fourth-order valence-corrected chi connectivity index (χ4v) is 2.49. The van der Waals surface area contributed by atoms with Crippen LogP contribution >= 0.6 is 0 Å². The molecule has 2 aromatic carbocycles. The maximum atomic E-state index is 8.66. The minimum atomic E-state index is 0.216. The van der Waals surface area contributed by atoms with Gasteiger partial charge in [-0.05, 0) is 48.3 Å². The molecule has 0 heterocycles. The van der Waals surface area contributed by atoms with E-state index < -0.39 is 0 Å². The third-order valence-electron chi connectivity index (χ3n) is 3.59. The van der Waals surface area contributed by atoms with Gasteiger partial charge < -0.3 is 4.90 Å². The van der Waals surface area contributed by atoms with Crippen molar-refractivity contribution in [1.82, 2.24) is 4.90 Å². The van der Waals surface area contributed by atoms with Crippen LogP contribution in [-0.2, 0) is 0 Å². The first-order chi connectivity index (χ1) is 11.5. The summed E-state index contributed by atoms with van der Waals surface area (Å²) in [5.74, 6) is 0. The highest BCUT2D eigenvalue weighted by atomic mass is 15.0. The van der Waals surface area contributed by atoms with Crippen LogP contribution in [0.5, 0.6) is 0 Å². The summed E-state index contributed by atoms with van der Waals surface area (Å²) in [6.07, 6.45) is 0.631. The summed E-state index contributed by atoms with van der Waals surface area (Å²) in [7, 11) is 4.00. The van der Waals surface area contributed by atoms with Crippen LogP contribution in [0.2, 0.25) is 0 Å². The predicted octanol–water partition coefficient (Wildman–Crippen LogP) is 4.55. The first-order valence-corrected chi connectivity index (χ1v) is 7.22. The lowest BCUT2D eigenvalue weighted by molar-refractivity contribution is 0.417. The Kier molecular flexibility index (Phi) is 3.08. The summed E-state index contributed by atoms with van der Waals surface area (Å²) in [5.41, 5.74) is 4.04. The summed E-state index contributed by atoms with van der Waals surface area (Å²) in [6, 6.07) is 16.3. The Morgan fingerprint density at radius 1 is 0.952 bits per heavy atom. The third-order valence-corrected chi connectivity index (χ3v) is 3.59. The average Bonchev–Trinajstić information content (AvgIpc) is 2.68. The second kappa shape index (κ2) is 6.11. The van der Waals surface area contributed by atoms with Crippen molar-refractivity contribution >= 4 is 17.7 Å². The molecule has 0 radical (unpaired) electrons. The van der Waals surface area contributed by atoms with E-state index in [1.165, 1.54) is 0 Å². The van der Waals surface area contributed by atoms with E-state index in [1.54, 1.807) is 0 Å². The number of fused-ring (bicyclic) bond motifs is 2. The molecule has 3 rings (SSSR count). The predicted molar refractivity (Wildman–Crippen MR) is 92.1 cm³/mol. The SMILES string of the molecule is [2H]C(CCN(C)C)=C1c2ccccc2C([2H])=C([2H])c2ccccc21. The number of benzene rings is 2. The standard InChI is InChI=1S/C20H21N/c1-21(2)15-7-12-20-18-10-5-3-8-16(18)13-14-17-9-4-6-11-19(17)20/h3-6,8-14H,7,15H2,1-2H3/i12D,13D,14D. The van der Waals surface area contributed by atoms with Crippen molar-refractivity contribution in [2.75, 3.05) is 20.6 Å². The van der Waals surface area contributed by atoms with E-state index in [2.05, 4.69) is 4.90 Å². The van der Waals surface area contributed by atoms with Crippen LogP contribution in [0, 0.1) is 0 Å². The molecule has 0 unspecified atom stereocenters. The molecule has 0 saturated carbocycles. The molecule has 0 saturated heterocycles. The number of hydrogen-bond acceptors (Lipinski definition) is 1. The lowest BCUT2D eigenvalue weighted by Crippen LogP contribution is -2.12. The van der Waals surface area contributed by atoms with Crippen molar-refractivity contribution in [3.63, 3.8) is 0 Å². The highest BCUT2D eigenvalue weighted by molar-refractivity contribution is 5.93. The molecule has 106 valence electrons. The Balaban J connectivity index is 2.30. The highest BCUT2D eigenvalue weighted by Gasteiger charge is 2.13. The molecule has 0 aliphatic heterocycles. The summed E-state index contributed by atoms with van der Waals surface area (Å²) >= 11 is 0. The van der Waals surface area contributed by atoms with E-state index in [1.807, 2.05) is 62.6 Å². The highest BCUT2D eigenvalue weighted by Crippen LogP contribution is 2.33. The maximum Gasteiger partial charge on any atom is 0.0629 e. The van der Waals surface area contributed by atoms with Crippen LogP contribution < -0.4 is 0 Å². The number of hydrogen-bond donors (Lipinski definition) is 0.